The van der Waals surface area contributed by atoms with Crippen molar-refractivity contribution in [2.24, 2.45) is 0 Å². The average Bonchev–Trinajstić information content (AvgIpc) is 2.54. The topological polar surface area (TPSA) is 0 Å². The molecule has 0 saturated carbocycles. The minimum atomic E-state index is -4.15. The Hall–Kier alpha value is -0.740. The summed E-state index contributed by atoms with van der Waals surface area (Å²) in [6.07, 6.45) is 1.27. The van der Waals surface area contributed by atoms with E-state index in [4.69, 9.17) is 0 Å². The predicted octanol–water partition coefficient (Wildman–Crippen LogP) is 2.33. The number of thiophene rings is 1. The van der Waals surface area contributed by atoms with E-state index in [1.165, 1.54) is 0 Å². The molecule has 1 heterocycles. The van der Waals surface area contributed by atoms with E-state index in [2.05, 4.69) is 0 Å². The lowest BCUT2D eigenvalue weighted by Gasteiger charge is -1.99. The van der Waals surface area contributed by atoms with Crippen molar-refractivity contribution >= 4 is 20.6 Å². The SMILES string of the molecule is CCCc1cc2cc(C)ccc2[s+]1C(F)(F)F.[Cl-]. The van der Waals surface area contributed by atoms with E-state index in [0.717, 1.165) is 17.4 Å². The van der Waals surface area contributed by atoms with E-state index in [1.54, 1.807) is 18.2 Å². The number of rotatable bonds is 2. The van der Waals surface area contributed by atoms with Gasteiger partial charge in [0, 0.05) is 17.9 Å². The maximum atomic E-state index is 13.1. The molecule has 1 unspecified atom stereocenters. The summed E-state index contributed by atoms with van der Waals surface area (Å²) < 4.78 is 39.7. The first-order valence-electron chi connectivity index (χ1n) is 5.56. The van der Waals surface area contributed by atoms with Gasteiger partial charge in [-0.3, -0.25) is 0 Å². The highest BCUT2D eigenvalue weighted by Gasteiger charge is 2.47. The van der Waals surface area contributed by atoms with Gasteiger partial charge in [0.1, 0.15) is 0 Å². The molecule has 0 radical (unpaired) electrons. The summed E-state index contributed by atoms with van der Waals surface area (Å²) in [4.78, 5) is 0.528. The number of hydrogen-bond donors (Lipinski definition) is 0. The van der Waals surface area contributed by atoms with Gasteiger partial charge in [-0.2, -0.15) is 0 Å². The predicted molar refractivity (Wildman–Crippen MR) is 66.5 cm³/mol. The Morgan fingerprint density at radius 2 is 1.83 bits per heavy atom. The molecular weight excluding hydrogens is 281 g/mol. The zero-order chi connectivity index (χ0) is 12.6. The van der Waals surface area contributed by atoms with Crippen LogP contribution in [0.25, 0.3) is 10.1 Å². The molecule has 0 aliphatic heterocycles. The van der Waals surface area contributed by atoms with E-state index in [0.29, 0.717) is 16.0 Å². The van der Waals surface area contributed by atoms with Crippen LogP contribution < -0.4 is 12.4 Å². The number of fused-ring (bicyclic) bond motifs is 1. The average molecular weight is 295 g/mol. The summed E-state index contributed by atoms with van der Waals surface area (Å²) in [5.74, 6) is 0. The second kappa shape index (κ2) is 5.49. The van der Waals surface area contributed by atoms with Crippen molar-refractivity contribution in [1.29, 1.82) is 0 Å². The van der Waals surface area contributed by atoms with Crippen LogP contribution in [-0.4, -0.2) is 0 Å². The molecule has 0 N–H and O–H groups in total. The second-order valence-electron chi connectivity index (χ2n) is 4.15. The summed E-state index contributed by atoms with van der Waals surface area (Å²) in [7, 11) is -1.70. The molecule has 2 aromatic rings. The lowest BCUT2D eigenvalue weighted by Crippen LogP contribution is -3.00. The van der Waals surface area contributed by atoms with Crippen LogP contribution in [0.2, 0.25) is 0 Å². The zero-order valence-electron chi connectivity index (χ0n) is 10.1. The number of aryl methyl sites for hydroxylation is 2. The fourth-order valence-corrected chi connectivity index (χ4v) is 4.07. The first kappa shape index (κ1) is 15.3. The molecule has 0 spiro atoms. The van der Waals surface area contributed by atoms with Crippen LogP contribution in [0.3, 0.4) is 0 Å². The van der Waals surface area contributed by atoms with Crippen molar-refractivity contribution in [3.8, 4) is 0 Å². The monoisotopic (exact) mass is 294 g/mol. The Labute approximate surface area is 113 Å². The number of halogens is 4. The van der Waals surface area contributed by atoms with Crippen molar-refractivity contribution in [2.45, 2.75) is 32.2 Å². The van der Waals surface area contributed by atoms with Crippen LogP contribution in [0, 0.1) is 6.92 Å². The van der Waals surface area contributed by atoms with Crippen LogP contribution in [0.5, 0.6) is 0 Å². The molecule has 5 heteroatoms. The summed E-state index contributed by atoms with van der Waals surface area (Å²) in [5, 5.41) is 0.745. The maximum absolute atomic E-state index is 13.1. The molecule has 1 atom stereocenters. The van der Waals surface area contributed by atoms with Crippen molar-refractivity contribution in [3.63, 3.8) is 0 Å². The van der Waals surface area contributed by atoms with E-state index in [9.17, 15) is 13.2 Å². The third-order valence-corrected chi connectivity index (χ3v) is 4.81. The summed E-state index contributed by atoms with van der Waals surface area (Å²) >= 11 is 0. The van der Waals surface area contributed by atoms with Gasteiger partial charge in [-0.15, -0.1) is 13.2 Å². The van der Waals surface area contributed by atoms with Gasteiger partial charge < -0.3 is 12.4 Å². The Kier molecular flexibility index (Phi) is 4.67. The minimum absolute atomic E-state index is 0. The fraction of sp³-hybridized carbons (Fsp3) is 0.385. The lowest BCUT2D eigenvalue weighted by molar-refractivity contribution is -0.0867. The van der Waals surface area contributed by atoms with Crippen molar-refractivity contribution in [1.82, 2.24) is 0 Å². The summed E-state index contributed by atoms with van der Waals surface area (Å²) in [6.45, 7) is 3.81. The van der Waals surface area contributed by atoms with Crippen LogP contribution >= 0.6 is 10.5 Å². The Morgan fingerprint density at radius 3 is 2.39 bits per heavy atom. The fourth-order valence-electron chi connectivity index (χ4n) is 2.03. The smallest absolute Gasteiger partial charge is 0.600 e. The van der Waals surface area contributed by atoms with Crippen molar-refractivity contribution < 1.29 is 25.6 Å². The molecule has 0 aliphatic carbocycles. The molecule has 18 heavy (non-hydrogen) atoms. The highest BCUT2D eigenvalue weighted by atomic mass is 35.5. The van der Waals surface area contributed by atoms with E-state index in [-0.39, 0.29) is 12.4 Å². The van der Waals surface area contributed by atoms with Gasteiger partial charge in [0.2, 0.25) is 0 Å². The van der Waals surface area contributed by atoms with Crippen LogP contribution in [0.15, 0.2) is 24.3 Å². The molecule has 1 aromatic carbocycles. The van der Waals surface area contributed by atoms with Crippen LogP contribution in [-0.2, 0) is 11.9 Å². The summed E-state index contributed by atoms with van der Waals surface area (Å²) in [6, 6.07) is 6.94. The quantitative estimate of drug-likeness (QED) is 0.746. The third-order valence-electron chi connectivity index (χ3n) is 2.69. The number of alkyl halides is 3. The number of benzene rings is 1. The highest BCUT2D eigenvalue weighted by Crippen LogP contribution is 2.51. The van der Waals surface area contributed by atoms with Gasteiger partial charge in [0.25, 0.3) is 0 Å². The first-order chi connectivity index (χ1) is 7.93. The van der Waals surface area contributed by atoms with Gasteiger partial charge in [0.15, 0.2) is 9.58 Å². The van der Waals surface area contributed by atoms with Gasteiger partial charge in [-0.25, -0.2) is 0 Å². The first-order valence-corrected chi connectivity index (χ1v) is 6.78. The van der Waals surface area contributed by atoms with Gasteiger partial charge in [0.05, 0.1) is 10.5 Å². The van der Waals surface area contributed by atoms with Crippen molar-refractivity contribution in [3.05, 3.63) is 34.7 Å². The molecule has 0 nitrogen and oxygen atoms in total. The molecule has 2 rings (SSSR count). The lowest BCUT2D eigenvalue weighted by atomic mass is 10.2. The maximum Gasteiger partial charge on any atom is 0.600 e. The molecule has 0 aliphatic rings. The van der Waals surface area contributed by atoms with Crippen LogP contribution in [0.1, 0.15) is 23.8 Å². The largest absolute Gasteiger partial charge is 1.00 e. The Morgan fingerprint density at radius 1 is 1.17 bits per heavy atom. The van der Waals surface area contributed by atoms with Gasteiger partial charge in [-0.05, 0) is 25.5 Å². The molecule has 0 bridgehead atoms. The standard InChI is InChI=1S/C13H14F3S.ClH/c1-3-4-11-8-10-7-9(2)5-6-12(10)17(11)13(14,15)16;/h5-8H,3-4H2,1-2H3;1H/q+1;/p-1. The molecule has 0 fully saturated rings. The van der Waals surface area contributed by atoms with Gasteiger partial charge >= 0.3 is 5.51 Å². The Balaban J connectivity index is 0.00000162. The second-order valence-corrected chi connectivity index (χ2v) is 6.19. The summed E-state index contributed by atoms with van der Waals surface area (Å²) in [5.41, 5.74) is -3.15. The molecule has 0 amide bonds. The van der Waals surface area contributed by atoms with E-state index in [1.807, 2.05) is 19.9 Å². The van der Waals surface area contributed by atoms with Crippen LogP contribution in [0.4, 0.5) is 13.2 Å². The number of hydrogen-bond acceptors (Lipinski definition) is 0. The Bertz CT molecular complexity index is 543. The van der Waals surface area contributed by atoms with E-state index >= 15 is 0 Å². The minimum Gasteiger partial charge on any atom is -1.00 e. The van der Waals surface area contributed by atoms with Gasteiger partial charge in [-0.1, -0.05) is 18.6 Å². The molecule has 100 valence electrons. The van der Waals surface area contributed by atoms with Crippen molar-refractivity contribution in [2.75, 3.05) is 0 Å². The normalized spacial score (nSPS) is 12.6. The molecule has 0 saturated heterocycles. The molecular formula is C13H14ClF3S. The molecule has 1 aromatic heterocycles. The zero-order valence-corrected chi connectivity index (χ0v) is 11.7. The van der Waals surface area contributed by atoms with E-state index < -0.39 is 16.0 Å². The highest BCUT2D eigenvalue weighted by molar-refractivity contribution is 7.38. The third kappa shape index (κ3) is 2.81.